The lowest BCUT2D eigenvalue weighted by Gasteiger charge is -2.57. The molecule has 5 heteroatoms. The van der Waals surface area contributed by atoms with Crippen molar-refractivity contribution in [2.24, 2.45) is 17.8 Å². The van der Waals surface area contributed by atoms with Gasteiger partial charge in [0.05, 0.1) is 15.6 Å². The summed E-state index contributed by atoms with van der Waals surface area (Å²) in [6, 6.07) is 19.5. The van der Waals surface area contributed by atoms with Gasteiger partial charge < -0.3 is 4.57 Å². The van der Waals surface area contributed by atoms with E-state index in [2.05, 4.69) is 53.7 Å². The van der Waals surface area contributed by atoms with Crippen LogP contribution in [0.3, 0.4) is 0 Å². The second-order valence-electron chi connectivity index (χ2n) is 12.0. The summed E-state index contributed by atoms with van der Waals surface area (Å²) < 4.78 is 4.80. The van der Waals surface area contributed by atoms with E-state index >= 15 is 0 Å². The maximum Gasteiger partial charge on any atom is 0.274 e. The molecule has 2 aromatic carbocycles. The number of aromatic nitrogens is 3. The number of thiazole rings is 1. The highest BCUT2D eigenvalue weighted by Crippen LogP contribution is 2.60. The Balaban J connectivity index is 1.16. The third-order valence-electron chi connectivity index (χ3n) is 9.68. The van der Waals surface area contributed by atoms with Gasteiger partial charge in [0, 0.05) is 17.1 Å². The fourth-order valence-electron chi connectivity index (χ4n) is 8.51. The van der Waals surface area contributed by atoms with Crippen molar-refractivity contribution in [3.05, 3.63) is 92.0 Å². The van der Waals surface area contributed by atoms with Gasteiger partial charge in [-0.15, -0.1) is 0 Å². The van der Waals surface area contributed by atoms with E-state index in [0.717, 1.165) is 49.5 Å². The molecular formula is C32H31N3OS. The minimum Gasteiger partial charge on any atom is -0.318 e. The standard InChI is InChI=1S/C32H31N3OS/c1-19-11-24(15-29-30(36)35-28-6-4-3-5-27(28)33-31(35)37-29)20(2)34(19)26-9-7-25(8-10-26)32-16-21-12-22(17-32)14-23(13-21)18-32/h3-11,15,21-23H,12-14,16-18H2,1-2H3/b29-15-. The minimum atomic E-state index is 0.0124. The maximum atomic E-state index is 13.3. The molecule has 4 bridgehead atoms. The Kier molecular flexibility index (Phi) is 4.53. The molecule has 37 heavy (non-hydrogen) atoms. The molecule has 4 nitrogen and oxygen atoms in total. The first-order chi connectivity index (χ1) is 18.0. The van der Waals surface area contributed by atoms with Crippen LogP contribution in [-0.4, -0.2) is 14.0 Å². The number of fused-ring (bicyclic) bond motifs is 3. The molecule has 5 aromatic rings. The van der Waals surface area contributed by atoms with Crippen LogP contribution >= 0.6 is 11.3 Å². The van der Waals surface area contributed by atoms with Gasteiger partial charge in [-0.1, -0.05) is 35.6 Å². The lowest BCUT2D eigenvalue weighted by atomic mass is 9.48. The summed E-state index contributed by atoms with van der Waals surface area (Å²) in [5.41, 5.74) is 8.40. The molecule has 4 aliphatic carbocycles. The summed E-state index contributed by atoms with van der Waals surface area (Å²) in [5, 5.41) is 0. The number of rotatable bonds is 3. The third kappa shape index (κ3) is 3.19. The van der Waals surface area contributed by atoms with Crippen LogP contribution in [0.25, 0.3) is 27.8 Å². The van der Waals surface area contributed by atoms with Crippen molar-refractivity contribution < 1.29 is 0 Å². The molecule has 0 amide bonds. The van der Waals surface area contributed by atoms with Crippen LogP contribution in [0.2, 0.25) is 0 Å². The Morgan fingerprint density at radius 2 is 1.62 bits per heavy atom. The number of imidazole rings is 1. The Morgan fingerprint density at radius 1 is 0.946 bits per heavy atom. The van der Waals surface area contributed by atoms with Gasteiger partial charge >= 0.3 is 0 Å². The first-order valence-electron chi connectivity index (χ1n) is 13.7. The summed E-state index contributed by atoms with van der Waals surface area (Å²) in [6.45, 7) is 4.31. The van der Waals surface area contributed by atoms with E-state index in [4.69, 9.17) is 0 Å². The molecule has 3 heterocycles. The van der Waals surface area contributed by atoms with Crippen molar-refractivity contribution in [1.29, 1.82) is 0 Å². The van der Waals surface area contributed by atoms with Gasteiger partial charge in [-0.2, -0.15) is 0 Å². The molecule has 0 aliphatic heterocycles. The van der Waals surface area contributed by atoms with Crippen LogP contribution in [0.1, 0.15) is 61.0 Å². The molecule has 0 N–H and O–H groups in total. The molecule has 9 rings (SSSR count). The van der Waals surface area contributed by atoms with E-state index in [9.17, 15) is 4.79 Å². The van der Waals surface area contributed by atoms with E-state index in [1.54, 1.807) is 9.96 Å². The molecular weight excluding hydrogens is 474 g/mol. The van der Waals surface area contributed by atoms with Crippen molar-refractivity contribution >= 4 is 33.4 Å². The lowest BCUT2D eigenvalue weighted by molar-refractivity contribution is -0.00518. The summed E-state index contributed by atoms with van der Waals surface area (Å²) in [7, 11) is 0. The predicted octanol–water partition coefficient (Wildman–Crippen LogP) is 6.33. The van der Waals surface area contributed by atoms with E-state index < -0.39 is 0 Å². The first kappa shape index (κ1) is 21.9. The Hall–Kier alpha value is -3.18. The second-order valence-corrected chi connectivity index (χ2v) is 13.1. The second kappa shape index (κ2) is 7.67. The zero-order valence-electron chi connectivity index (χ0n) is 21.4. The van der Waals surface area contributed by atoms with Crippen molar-refractivity contribution in [2.75, 3.05) is 0 Å². The Labute approximate surface area is 220 Å². The summed E-state index contributed by atoms with van der Waals surface area (Å²) in [5.74, 6) is 2.88. The number of nitrogens with zero attached hydrogens (tertiary/aromatic N) is 3. The number of benzene rings is 2. The van der Waals surface area contributed by atoms with Crippen molar-refractivity contribution in [3.8, 4) is 5.69 Å². The molecule has 3 aromatic heterocycles. The van der Waals surface area contributed by atoms with E-state index in [1.807, 2.05) is 30.3 Å². The highest BCUT2D eigenvalue weighted by atomic mass is 32.1. The predicted molar refractivity (Wildman–Crippen MR) is 151 cm³/mol. The van der Waals surface area contributed by atoms with Crippen LogP contribution in [0.5, 0.6) is 0 Å². The van der Waals surface area contributed by atoms with Crippen molar-refractivity contribution in [3.63, 3.8) is 0 Å². The molecule has 0 atom stereocenters. The zero-order valence-corrected chi connectivity index (χ0v) is 22.2. The van der Waals surface area contributed by atoms with E-state index in [-0.39, 0.29) is 5.56 Å². The van der Waals surface area contributed by atoms with Crippen LogP contribution < -0.4 is 10.1 Å². The molecule has 0 radical (unpaired) electrons. The fraction of sp³-hybridized carbons (Fsp3) is 0.375. The summed E-state index contributed by atoms with van der Waals surface area (Å²) >= 11 is 1.47. The molecule has 0 unspecified atom stereocenters. The number of hydrogen-bond acceptors (Lipinski definition) is 3. The van der Waals surface area contributed by atoms with E-state index in [1.165, 1.54) is 61.2 Å². The molecule has 186 valence electrons. The molecule has 4 saturated carbocycles. The molecule has 0 saturated heterocycles. The smallest absolute Gasteiger partial charge is 0.274 e. The number of aryl methyl sites for hydroxylation is 1. The molecule has 4 aliphatic rings. The third-order valence-corrected chi connectivity index (χ3v) is 10.6. The Morgan fingerprint density at radius 3 is 2.32 bits per heavy atom. The first-order valence-corrected chi connectivity index (χ1v) is 14.5. The Bertz CT molecular complexity index is 1770. The van der Waals surface area contributed by atoms with Crippen LogP contribution in [0.4, 0.5) is 0 Å². The monoisotopic (exact) mass is 505 g/mol. The molecule has 4 fully saturated rings. The van der Waals surface area contributed by atoms with Gasteiger partial charge in [-0.3, -0.25) is 4.79 Å². The topological polar surface area (TPSA) is 39.3 Å². The number of para-hydroxylation sites is 2. The lowest BCUT2D eigenvalue weighted by Crippen LogP contribution is -2.48. The number of hydrogen-bond donors (Lipinski definition) is 0. The van der Waals surface area contributed by atoms with Crippen LogP contribution in [0, 0.1) is 31.6 Å². The quantitative estimate of drug-likeness (QED) is 0.287. The van der Waals surface area contributed by atoms with Crippen molar-refractivity contribution in [2.45, 2.75) is 57.8 Å². The van der Waals surface area contributed by atoms with Gasteiger partial charge in [0.25, 0.3) is 5.56 Å². The summed E-state index contributed by atoms with van der Waals surface area (Å²) in [4.78, 5) is 18.7. The van der Waals surface area contributed by atoms with E-state index in [0.29, 0.717) is 5.41 Å². The SMILES string of the molecule is Cc1cc(/C=c2\sc3nc4ccccc4n3c2=O)c(C)n1-c1ccc(C23CC4CC(CC(C4)C2)C3)cc1. The average Bonchev–Trinajstić information content (AvgIpc) is 3.48. The van der Waals surface area contributed by atoms with Gasteiger partial charge in [-0.25, -0.2) is 9.38 Å². The van der Waals surface area contributed by atoms with Crippen molar-refractivity contribution in [1.82, 2.24) is 14.0 Å². The normalized spacial score (nSPS) is 27.2. The van der Waals surface area contributed by atoms with Gasteiger partial charge in [0.15, 0.2) is 4.96 Å². The average molecular weight is 506 g/mol. The minimum absolute atomic E-state index is 0.0124. The largest absolute Gasteiger partial charge is 0.318 e. The fourth-order valence-corrected chi connectivity index (χ4v) is 9.49. The zero-order chi connectivity index (χ0) is 24.9. The highest BCUT2D eigenvalue weighted by molar-refractivity contribution is 7.15. The van der Waals surface area contributed by atoms with Crippen LogP contribution in [-0.2, 0) is 5.41 Å². The van der Waals surface area contributed by atoms with Gasteiger partial charge in [0.1, 0.15) is 0 Å². The summed E-state index contributed by atoms with van der Waals surface area (Å²) in [6.07, 6.45) is 10.7. The van der Waals surface area contributed by atoms with Gasteiger partial charge in [0.2, 0.25) is 0 Å². The van der Waals surface area contributed by atoms with Gasteiger partial charge in [-0.05, 0) is 123 Å². The highest BCUT2D eigenvalue weighted by Gasteiger charge is 2.51. The maximum absolute atomic E-state index is 13.3. The van der Waals surface area contributed by atoms with Crippen LogP contribution in [0.15, 0.2) is 59.4 Å². The molecule has 0 spiro atoms.